The van der Waals surface area contributed by atoms with Gasteiger partial charge in [-0.25, -0.2) is 0 Å². The number of aliphatic hydroxyl groups excluding tert-OH is 1. The predicted molar refractivity (Wildman–Crippen MR) is 84.8 cm³/mol. The maximum atomic E-state index is 9.33. The Kier molecular flexibility index (Phi) is 24.9. The second-order valence-electron chi connectivity index (χ2n) is 4.97. The molecule has 0 aliphatic heterocycles. The van der Waals surface area contributed by atoms with Gasteiger partial charge < -0.3 is 11.3 Å². The zero-order chi connectivity index (χ0) is 16.6. The molecule has 0 bridgehead atoms. The van der Waals surface area contributed by atoms with E-state index in [4.69, 9.17) is 22.3 Å². The van der Waals surface area contributed by atoms with Crippen LogP contribution in [-0.2, 0) is 15.1 Å². The maximum absolute atomic E-state index is 9.33. The van der Waals surface area contributed by atoms with Crippen LogP contribution in [0.5, 0.6) is 0 Å². The summed E-state index contributed by atoms with van der Waals surface area (Å²) in [5, 5.41) is 9.33. The van der Waals surface area contributed by atoms with Crippen molar-refractivity contribution < 1.29 is 58.4 Å². The Morgan fingerprint density at radius 3 is 1.64 bits per heavy atom. The van der Waals surface area contributed by atoms with Crippen LogP contribution in [0.25, 0.3) is 0 Å². The first-order chi connectivity index (χ1) is 9.81. The van der Waals surface area contributed by atoms with Crippen molar-refractivity contribution in [1.82, 2.24) is 0 Å². The van der Waals surface area contributed by atoms with Crippen molar-refractivity contribution >= 4 is 10.4 Å². The van der Waals surface area contributed by atoms with Crippen LogP contribution in [0.15, 0.2) is 0 Å². The summed E-state index contributed by atoms with van der Waals surface area (Å²) in [5.41, 5.74) is 0. The molecule has 22 heavy (non-hydrogen) atoms. The van der Waals surface area contributed by atoms with Crippen LogP contribution in [0.4, 0.5) is 0 Å². The molecule has 0 heterocycles. The molecule has 0 saturated carbocycles. The van der Waals surface area contributed by atoms with Gasteiger partial charge in [0.05, 0.1) is 0 Å². The van der Waals surface area contributed by atoms with E-state index in [1.807, 2.05) is 6.92 Å². The van der Waals surface area contributed by atoms with E-state index in [2.05, 4.69) is 6.92 Å². The van der Waals surface area contributed by atoms with Gasteiger partial charge in [0.1, 0.15) is 0 Å². The average molecular weight is 352 g/mol. The Balaban J connectivity index is -0.000000225. The molecule has 0 rings (SSSR count). The third-order valence-electron chi connectivity index (χ3n) is 2.91. The quantitative estimate of drug-likeness (QED) is 0.207. The Hall–Kier alpha value is 0.790. The molecule has 1 unspecified atom stereocenters. The van der Waals surface area contributed by atoms with Gasteiger partial charge in [-0.1, -0.05) is 58.3 Å². The third-order valence-corrected chi connectivity index (χ3v) is 2.91. The molecule has 0 spiro atoms. The molecule has 0 aliphatic rings. The van der Waals surface area contributed by atoms with Crippen LogP contribution in [0.3, 0.4) is 0 Å². The fraction of sp³-hybridized carbons (Fsp3) is 1.00. The first-order valence-electron chi connectivity index (χ1n) is 7.80. The van der Waals surface area contributed by atoms with E-state index in [9.17, 15) is 5.11 Å². The Labute approximate surface area is 159 Å². The second kappa shape index (κ2) is 19.8. The van der Waals surface area contributed by atoms with Gasteiger partial charge in [-0.15, -0.1) is 0 Å². The van der Waals surface area contributed by atoms with E-state index in [1.165, 1.54) is 51.4 Å². The van der Waals surface area contributed by atoms with Gasteiger partial charge in [-0.3, -0.25) is 9.11 Å². The van der Waals surface area contributed by atoms with E-state index in [0.717, 1.165) is 12.8 Å². The van der Waals surface area contributed by atoms with E-state index < -0.39 is 16.7 Å². The standard InChI is InChI=1S/C14H30O2.Na.H2O4S.H/c1-3-5-6-7-8-9-10-11-12-13-14(15)16-4-2;;1-5(2,3)4;/h14-15H,3-13H2,1-2H3;;(H2,1,2,3,4);/q;+1;;-1. The summed E-state index contributed by atoms with van der Waals surface area (Å²) in [6, 6.07) is 0. The van der Waals surface area contributed by atoms with Crippen molar-refractivity contribution in [2.24, 2.45) is 0 Å². The van der Waals surface area contributed by atoms with E-state index >= 15 is 0 Å². The van der Waals surface area contributed by atoms with Gasteiger partial charge in [0, 0.05) is 6.61 Å². The summed E-state index contributed by atoms with van der Waals surface area (Å²) in [4.78, 5) is 0. The van der Waals surface area contributed by atoms with Gasteiger partial charge in [0.15, 0.2) is 6.29 Å². The number of rotatable bonds is 12. The number of ether oxygens (including phenoxy) is 1. The van der Waals surface area contributed by atoms with Crippen LogP contribution in [0, 0.1) is 0 Å². The Morgan fingerprint density at radius 1 is 0.909 bits per heavy atom. The van der Waals surface area contributed by atoms with Gasteiger partial charge in [0.2, 0.25) is 0 Å². The van der Waals surface area contributed by atoms with Gasteiger partial charge >= 0.3 is 40.0 Å². The number of unbranched alkanes of at least 4 members (excludes halogenated alkanes) is 8. The first kappa shape index (κ1) is 27.6. The van der Waals surface area contributed by atoms with Crippen molar-refractivity contribution in [1.29, 1.82) is 0 Å². The molecule has 0 aromatic rings. The van der Waals surface area contributed by atoms with Gasteiger partial charge in [-0.2, -0.15) is 8.42 Å². The molecule has 0 amide bonds. The molecule has 3 N–H and O–H groups in total. The normalized spacial score (nSPS) is 12.0. The van der Waals surface area contributed by atoms with E-state index in [0.29, 0.717) is 6.61 Å². The third kappa shape index (κ3) is 37.2. The summed E-state index contributed by atoms with van der Waals surface area (Å²) >= 11 is 0. The Bertz CT molecular complexity index is 296. The summed E-state index contributed by atoms with van der Waals surface area (Å²) in [7, 11) is -4.67. The fourth-order valence-corrected chi connectivity index (χ4v) is 1.91. The molecular formula is C14H33NaO6S. The molecule has 132 valence electrons. The summed E-state index contributed by atoms with van der Waals surface area (Å²) in [6.45, 7) is 4.78. The molecule has 0 aromatic carbocycles. The van der Waals surface area contributed by atoms with Crippen molar-refractivity contribution in [3.63, 3.8) is 0 Å². The topological polar surface area (TPSA) is 104 Å². The zero-order valence-electron chi connectivity index (χ0n) is 15.3. The summed E-state index contributed by atoms with van der Waals surface area (Å²) < 4.78 is 36.7. The minimum absolute atomic E-state index is 0. The molecule has 0 aromatic heterocycles. The van der Waals surface area contributed by atoms with Crippen molar-refractivity contribution in [2.75, 3.05) is 6.61 Å². The second-order valence-corrected chi connectivity index (χ2v) is 5.87. The molecule has 1 atom stereocenters. The van der Waals surface area contributed by atoms with Crippen molar-refractivity contribution in [2.45, 2.75) is 84.3 Å². The molecule has 8 heteroatoms. The van der Waals surface area contributed by atoms with Crippen molar-refractivity contribution in [3.05, 3.63) is 0 Å². The largest absolute Gasteiger partial charge is 1.00 e. The van der Waals surface area contributed by atoms with Gasteiger partial charge in [-0.05, 0) is 19.8 Å². The minimum atomic E-state index is -4.67. The Morgan fingerprint density at radius 2 is 1.27 bits per heavy atom. The smallest absolute Gasteiger partial charge is 1.00 e. The molecule has 0 fully saturated rings. The van der Waals surface area contributed by atoms with Crippen LogP contribution in [0.2, 0.25) is 0 Å². The molecule has 0 radical (unpaired) electrons. The molecular weight excluding hydrogens is 319 g/mol. The van der Waals surface area contributed by atoms with E-state index in [-0.39, 0.29) is 31.0 Å². The predicted octanol–water partition coefficient (Wildman–Crippen LogP) is 0.726. The molecule has 0 saturated heterocycles. The first-order valence-corrected chi connectivity index (χ1v) is 9.20. The molecule has 6 nitrogen and oxygen atoms in total. The van der Waals surface area contributed by atoms with Crippen LogP contribution < -0.4 is 29.6 Å². The van der Waals surface area contributed by atoms with Crippen LogP contribution >= 0.6 is 0 Å². The number of aliphatic hydroxyl groups is 1. The minimum Gasteiger partial charge on any atom is -1.00 e. The summed E-state index contributed by atoms with van der Waals surface area (Å²) in [6.07, 6.45) is 12.2. The summed E-state index contributed by atoms with van der Waals surface area (Å²) in [5.74, 6) is 0. The van der Waals surface area contributed by atoms with Crippen LogP contribution in [0.1, 0.15) is 79.5 Å². The van der Waals surface area contributed by atoms with Crippen LogP contribution in [-0.4, -0.2) is 35.5 Å². The number of hydrogen-bond donors (Lipinski definition) is 3. The fourth-order valence-electron chi connectivity index (χ4n) is 1.91. The SMILES string of the molecule is CCCCCCCCCCCC(O)OCC.O=S(=O)(O)O.[H-].[Na+]. The average Bonchev–Trinajstić information content (AvgIpc) is 2.35. The van der Waals surface area contributed by atoms with E-state index in [1.54, 1.807) is 0 Å². The van der Waals surface area contributed by atoms with Gasteiger partial charge in [0.25, 0.3) is 0 Å². The van der Waals surface area contributed by atoms with Crippen molar-refractivity contribution in [3.8, 4) is 0 Å². The number of hydrogen-bond acceptors (Lipinski definition) is 4. The molecule has 0 aliphatic carbocycles. The zero-order valence-corrected chi connectivity index (χ0v) is 17.1. The monoisotopic (exact) mass is 352 g/mol. The maximum Gasteiger partial charge on any atom is 1.00 e.